The van der Waals surface area contributed by atoms with Crippen molar-refractivity contribution in [3.63, 3.8) is 0 Å². The molecule has 0 aromatic heterocycles. The minimum Gasteiger partial charge on any atom is -0.394 e. The molecular formula is C6H19AlMgO6. The first-order valence-electron chi connectivity index (χ1n) is 3.48. The SMILES string of the molecule is OC[C@@H](O)[C@@H](O)[C@H](O)[C@@H](O)CO.[AlH3].[MgH2]. The van der Waals surface area contributed by atoms with Crippen LogP contribution < -0.4 is 0 Å². The van der Waals surface area contributed by atoms with Gasteiger partial charge in [-0.2, -0.15) is 0 Å². The van der Waals surface area contributed by atoms with Crippen LogP contribution in [0.1, 0.15) is 0 Å². The van der Waals surface area contributed by atoms with Gasteiger partial charge in [-0.25, -0.2) is 0 Å². The zero-order valence-corrected chi connectivity index (χ0v) is 6.41. The van der Waals surface area contributed by atoms with Crippen molar-refractivity contribution in [1.82, 2.24) is 0 Å². The normalized spacial score (nSPS) is 18.4. The van der Waals surface area contributed by atoms with Gasteiger partial charge in [0.1, 0.15) is 24.4 Å². The molecule has 8 heteroatoms. The minimum atomic E-state index is -1.67. The third-order valence-electron chi connectivity index (χ3n) is 1.51. The number of aliphatic hydroxyl groups excluding tert-OH is 6. The van der Waals surface area contributed by atoms with Crippen LogP contribution in [0.2, 0.25) is 0 Å². The molecule has 0 unspecified atom stereocenters. The van der Waals surface area contributed by atoms with Gasteiger partial charge in [-0.15, -0.1) is 0 Å². The second kappa shape index (κ2) is 10.6. The second-order valence-electron chi connectivity index (χ2n) is 2.48. The molecule has 4 atom stereocenters. The van der Waals surface area contributed by atoms with E-state index in [2.05, 4.69) is 0 Å². The van der Waals surface area contributed by atoms with Gasteiger partial charge in [-0.05, 0) is 0 Å². The van der Waals surface area contributed by atoms with Gasteiger partial charge in [-0.3, -0.25) is 0 Å². The van der Waals surface area contributed by atoms with Gasteiger partial charge in [0.25, 0.3) is 0 Å². The van der Waals surface area contributed by atoms with Crippen LogP contribution in [0.5, 0.6) is 0 Å². The van der Waals surface area contributed by atoms with Gasteiger partial charge < -0.3 is 30.6 Å². The van der Waals surface area contributed by atoms with E-state index in [-0.39, 0.29) is 40.4 Å². The molecule has 6 N–H and O–H groups in total. The number of hydrogen-bond acceptors (Lipinski definition) is 6. The van der Waals surface area contributed by atoms with Crippen LogP contribution in [-0.2, 0) is 0 Å². The molecule has 0 saturated heterocycles. The lowest BCUT2D eigenvalue weighted by atomic mass is 10.0. The van der Waals surface area contributed by atoms with E-state index in [9.17, 15) is 0 Å². The molecule has 0 aliphatic rings. The summed E-state index contributed by atoms with van der Waals surface area (Å²) in [4.78, 5) is 0. The quantitative estimate of drug-likeness (QED) is 0.266. The van der Waals surface area contributed by atoms with Gasteiger partial charge in [-0.1, -0.05) is 0 Å². The average Bonchev–Trinajstić information content (AvgIpc) is 2.12. The fraction of sp³-hybridized carbons (Fsp3) is 1.00. The van der Waals surface area contributed by atoms with Gasteiger partial charge >= 0.3 is 23.1 Å². The standard InChI is InChI=1S/C6H14O6.Al.Mg.5H/c7-1-3(9)5(11)6(12)4(10)2-8;;;;;;;/h3-12H,1-2H2;;;;;;;/t3-,4+,5-,6-;;;;;;;/m1......./s1. The van der Waals surface area contributed by atoms with Gasteiger partial charge in [0.2, 0.25) is 0 Å². The van der Waals surface area contributed by atoms with Crippen molar-refractivity contribution < 1.29 is 30.6 Å². The van der Waals surface area contributed by atoms with Crippen LogP contribution in [-0.4, -0.2) is 109 Å². The van der Waals surface area contributed by atoms with E-state index < -0.39 is 37.6 Å². The Kier molecular flexibility index (Phi) is 15.5. The molecule has 6 nitrogen and oxygen atoms in total. The van der Waals surface area contributed by atoms with Crippen molar-refractivity contribution in [3.05, 3.63) is 0 Å². The molecule has 0 amide bonds. The van der Waals surface area contributed by atoms with E-state index in [1.165, 1.54) is 0 Å². The molecule has 0 saturated carbocycles. The molecular weight excluding hydrogens is 219 g/mol. The maximum absolute atomic E-state index is 8.96. The van der Waals surface area contributed by atoms with E-state index in [1.807, 2.05) is 0 Å². The van der Waals surface area contributed by atoms with E-state index in [1.54, 1.807) is 0 Å². The molecule has 14 heavy (non-hydrogen) atoms. The fourth-order valence-electron chi connectivity index (χ4n) is 0.671. The summed E-state index contributed by atoms with van der Waals surface area (Å²) in [6.45, 7) is -1.45. The van der Waals surface area contributed by atoms with Gasteiger partial charge in [0.05, 0.1) is 13.2 Å². The number of hydrogen-bond donors (Lipinski definition) is 6. The highest BCUT2D eigenvalue weighted by Gasteiger charge is 2.29. The Labute approximate surface area is 108 Å². The highest BCUT2D eigenvalue weighted by molar-refractivity contribution is 5.76. The summed E-state index contributed by atoms with van der Waals surface area (Å²) in [7, 11) is 0. The van der Waals surface area contributed by atoms with Crippen molar-refractivity contribution in [3.8, 4) is 0 Å². The van der Waals surface area contributed by atoms with Crippen LogP contribution in [0.15, 0.2) is 0 Å². The predicted octanol–water partition coefficient (Wildman–Crippen LogP) is -5.69. The molecule has 0 bridgehead atoms. The van der Waals surface area contributed by atoms with E-state index in [0.29, 0.717) is 0 Å². The fourth-order valence-corrected chi connectivity index (χ4v) is 0.671. The first-order valence-corrected chi connectivity index (χ1v) is 3.48. The number of aliphatic hydroxyl groups is 6. The molecule has 0 aliphatic heterocycles. The van der Waals surface area contributed by atoms with Gasteiger partial charge in [0, 0.05) is 0 Å². The summed E-state index contributed by atoms with van der Waals surface area (Å²) in [5.74, 6) is 0. The summed E-state index contributed by atoms with van der Waals surface area (Å²) in [6, 6.07) is 0. The van der Waals surface area contributed by atoms with E-state index >= 15 is 0 Å². The Balaban J connectivity index is -0.000000605. The molecule has 0 aliphatic carbocycles. The van der Waals surface area contributed by atoms with Crippen LogP contribution in [0, 0.1) is 0 Å². The third kappa shape index (κ3) is 6.53. The molecule has 0 radical (unpaired) electrons. The van der Waals surface area contributed by atoms with Gasteiger partial charge in [0.15, 0.2) is 17.4 Å². The Morgan fingerprint density at radius 1 is 0.714 bits per heavy atom. The van der Waals surface area contributed by atoms with Crippen molar-refractivity contribution >= 4 is 40.4 Å². The minimum absolute atomic E-state index is 0. The van der Waals surface area contributed by atoms with E-state index in [4.69, 9.17) is 30.6 Å². The number of rotatable bonds is 5. The first-order chi connectivity index (χ1) is 5.54. The molecule has 0 aromatic rings. The highest BCUT2D eigenvalue weighted by atomic mass is 27.0. The van der Waals surface area contributed by atoms with E-state index in [0.717, 1.165) is 0 Å². The summed E-state index contributed by atoms with van der Waals surface area (Å²) in [5.41, 5.74) is 0. The molecule has 0 spiro atoms. The first kappa shape index (κ1) is 20.5. The maximum Gasteiger partial charge on any atom is 0.316 e. The highest BCUT2D eigenvalue weighted by Crippen LogP contribution is 2.03. The maximum atomic E-state index is 8.96. The topological polar surface area (TPSA) is 121 Å². The zero-order valence-electron chi connectivity index (χ0n) is 6.41. The lowest BCUT2D eigenvalue weighted by molar-refractivity contribution is -0.123. The average molecular weight is 238 g/mol. The summed E-state index contributed by atoms with van der Waals surface area (Å²) in [5, 5.41) is 52.2. The van der Waals surface area contributed by atoms with Crippen LogP contribution >= 0.6 is 0 Å². The Morgan fingerprint density at radius 2 is 0.929 bits per heavy atom. The second-order valence-corrected chi connectivity index (χ2v) is 2.48. The smallest absolute Gasteiger partial charge is 0.316 e. The molecule has 0 rings (SSSR count). The Bertz CT molecular complexity index is 115. The van der Waals surface area contributed by atoms with Crippen molar-refractivity contribution in [2.75, 3.05) is 13.2 Å². The zero-order chi connectivity index (χ0) is 9.72. The Hall–Kier alpha value is 1.06. The van der Waals surface area contributed by atoms with Crippen LogP contribution in [0.4, 0.5) is 0 Å². The van der Waals surface area contributed by atoms with Crippen molar-refractivity contribution in [2.24, 2.45) is 0 Å². The van der Waals surface area contributed by atoms with Crippen LogP contribution in [0.25, 0.3) is 0 Å². The molecule has 0 aromatic carbocycles. The lowest BCUT2D eigenvalue weighted by Crippen LogP contribution is -2.46. The van der Waals surface area contributed by atoms with Crippen molar-refractivity contribution in [2.45, 2.75) is 24.4 Å². The lowest BCUT2D eigenvalue weighted by Gasteiger charge is -2.24. The molecule has 0 heterocycles. The summed E-state index contributed by atoms with van der Waals surface area (Å²) < 4.78 is 0. The largest absolute Gasteiger partial charge is 0.394 e. The molecule has 0 fully saturated rings. The third-order valence-corrected chi connectivity index (χ3v) is 1.51. The summed E-state index contributed by atoms with van der Waals surface area (Å²) >= 11 is 0. The van der Waals surface area contributed by atoms with Crippen LogP contribution in [0.3, 0.4) is 0 Å². The molecule has 84 valence electrons. The Morgan fingerprint density at radius 3 is 1.07 bits per heavy atom. The predicted molar refractivity (Wildman–Crippen MR) is 56.7 cm³/mol. The van der Waals surface area contributed by atoms with Crippen molar-refractivity contribution in [1.29, 1.82) is 0 Å². The monoisotopic (exact) mass is 238 g/mol. The summed E-state index contributed by atoms with van der Waals surface area (Å²) in [6.07, 6.45) is -6.39.